The molecule has 1 heterocycles. The van der Waals surface area contributed by atoms with E-state index in [0.717, 1.165) is 28.0 Å². The van der Waals surface area contributed by atoms with E-state index in [9.17, 15) is 5.11 Å². The summed E-state index contributed by atoms with van der Waals surface area (Å²) in [6, 6.07) is 9.26. The van der Waals surface area contributed by atoms with Crippen LogP contribution in [-0.4, -0.2) is 10.8 Å². The minimum Gasteiger partial charge on any atom is -0.507 e. The van der Waals surface area contributed by atoms with Crippen LogP contribution in [0.25, 0.3) is 0 Å². The third-order valence-electron chi connectivity index (χ3n) is 3.86. The van der Waals surface area contributed by atoms with Crippen LogP contribution >= 0.6 is 23.2 Å². The molecule has 114 valence electrons. The van der Waals surface area contributed by atoms with Crippen LogP contribution in [0.1, 0.15) is 34.7 Å². The Balaban J connectivity index is 1.93. The molecule has 2 aromatic rings. The molecule has 3 rings (SSSR count). The maximum atomic E-state index is 10.3. The van der Waals surface area contributed by atoms with Gasteiger partial charge in [-0.05, 0) is 43.2 Å². The smallest absolute Gasteiger partial charge is 0.127 e. The molecule has 0 fully saturated rings. The molecular weight excluding hydrogens is 319 g/mol. The molecule has 3 nitrogen and oxygen atoms in total. The van der Waals surface area contributed by atoms with Crippen molar-refractivity contribution < 1.29 is 5.11 Å². The fraction of sp³-hybridized carbons (Fsp3) is 0.235. The van der Waals surface area contributed by atoms with Gasteiger partial charge in [-0.25, -0.2) is 0 Å². The summed E-state index contributed by atoms with van der Waals surface area (Å²) in [4.78, 5) is 0. The zero-order valence-electron chi connectivity index (χ0n) is 12.3. The van der Waals surface area contributed by atoms with E-state index in [-0.39, 0.29) is 11.8 Å². The molecule has 1 aliphatic rings. The molecule has 5 heteroatoms. The number of hydrazone groups is 1. The summed E-state index contributed by atoms with van der Waals surface area (Å²) in [6.07, 6.45) is 0.625. The molecule has 0 unspecified atom stereocenters. The number of phenolic OH excluding ortho intramolecular Hbond substituents is 1. The van der Waals surface area contributed by atoms with E-state index in [1.54, 1.807) is 0 Å². The van der Waals surface area contributed by atoms with Crippen molar-refractivity contribution in [3.8, 4) is 5.75 Å². The number of halogens is 2. The van der Waals surface area contributed by atoms with Gasteiger partial charge in [-0.15, -0.1) is 0 Å². The number of rotatable bonds is 2. The van der Waals surface area contributed by atoms with Crippen molar-refractivity contribution >= 4 is 28.9 Å². The predicted molar refractivity (Wildman–Crippen MR) is 91.1 cm³/mol. The molecule has 0 saturated carbocycles. The number of hydrogen-bond acceptors (Lipinski definition) is 3. The van der Waals surface area contributed by atoms with Crippen LogP contribution in [0, 0.1) is 13.8 Å². The van der Waals surface area contributed by atoms with Crippen LogP contribution in [0.2, 0.25) is 10.0 Å². The number of nitrogens with one attached hydrogen (secondary N) is 1. The van der Waals surface area contributed by atoms with Crippen molar-refractivity contribution in [1.29, 1.82) is 0 Å². The van der Waals surface area contributed by atoms with Crippen LogP contribution in [0.5, 0.6) is 5.75 Å². The average molecular weight is 335 g/mol. The molecule has 0 amide bonds. The first-order chi connectivity index (χ1) is 10.5. The van der Waals surface area contributed by atoms with Crippen LogP contribution in [0.4, 0.5) is 0 Å². The van der Waals surface area contributed by atoms with E-state index >= 15 is 0 Å². The van der Waals surface area contributed by atoms with E-state index in [0.29, 0.717) is 16.5 Å². The van der Waals surface area contributed by atoms with Crippen molar-refractivity contribution in [2.45, 2.75) is 26.3 Å². The molecule has 0 bridgehead atoms. The Hall–Kier alpha value is -1.71. The maximum Gasteiger partial charge on any atom is 0.127 e. The van der Waals surface area contributed by atoms with Gasteiger partial charge in [0.05, 0.1) is 11.8 Å². The Bertz CT molecular complexity index is 751. The zero-order chi connectivity index (χ0) is 15.9. The van der Waals surface area contributed by atoms with Gasteiger partial charge in [0, 0.05) is 27.6 Å². The van der Waals surface area contributed by atoms with Crippen molar-refractivity contribution in [3.05, 3.63) is 62.6 Å². The molecule has 0 saturated heterocycles. The molecule has 1 atom stereocenters. The molecule has 0 radical (unpaired) electrons. The number of nitrogens with zero attached hydrogens (tertiary/aromatic N) is 1. The number of aryl methyl sites for hydroxylation is 2. The second-order valence-electron chi connectivity index (χ2n) is 5.56. The minimum absolute atomic E-state index is 0.0866. The summed E-state index contributed by atoms with van der Waals surface area (Å²) in [7, 11) is 0. The van der Waals surface area contributed by atoms with E-state index in [2.05, 4.69) is 10.5 Å². The lowest BCUT2D eigenvalue weighted by Gasteiger charge is -2.14. The fourth-order valence-corrected chi connectivity index (χ4v) is 3.46. The quantitative estimate of drug-likeness (QED) is 0.831. The molecule has 1 aliphatic heterocycles. The lowest BCUT2D eigenvalue weighted by molar-refractivity contribution is 0.469. The van der Waals surface area contributed by atoms with Gasteiger partial charge < -0.3 is 10.5 Å². The van der Waals surface area contributed by atoms with Crippen molar-refractivity contribution in [1.82, 2.24) is 5.43 Å². The number of benzene rings is 2. The van der Waals surface area contributed by atoms with Crippen LogP contribution in [0.15, 0.2) is 35.4 Å². The Morgan fingerprint density at radius 1 is 1.18 bits per heavy atom. The van der Waals surface area contributed by atoms with Gasteiger partial charge in [0.15, 0.2) is 0 Å². The highest BCUT2D eigenvalue weighted by Crippen LogP contribution is 2.36. The van der Waals surface area contributed by atoms with Crippen molar-refractivity contribution in [3.63, 3.8) is 0 Å². The van der Waals surface area contributed by atoms with Gasteiger partial charge >= 0.3 is 0 Å². The number of hydrogen-bond donors (Lipinski definition) is 2. The second kappa shape index (κ2) is 5.82. The van der Waals surface area contributed by atoms with Gasteiger partial charge in [0.1, 0.15) is 5.75 Å². The summed E-state index contributed by atoms with van der Waals surface area (Å²) in [5, 5.41) is 15.9. The molecular formula is C17H16Cl2N2O. The summed E-state index contributed by atoms with van der Waals surface area (Å²) in [6.45, 7) is 3.89. The Labute approximate surface area is 139 Å². The first kappa shape index (κ1) is 15.2. The van der Waals surface area contributed by atoms with Crippen molar-refractivity contribution in [2.75, 3.05) is 0 Å². The lowest BCUT2D eigenvalue weighted by atomic mass is 9.96. The van der Waals surface area contributed by atoms with E-state index < -0.39 is 0 Å². The molecule has 2 aromatic carbocycles. The van der Waals surface area contributed by atoms with E-state index in [1.165, 1.54) is 0 Å². The number of aromatic hydroxyl groups is 1. The monoisotopic (exact) mass is 334 g/mol. The summed E-state index contributed by atoms with van der Waals surface area (Å²) in [5.41, 5.74) is 7.42. The highest BCUT2D eigenvalue weighted by molar-refractivity contribution is 6.36. The Morgan fingerprint density at radius 2 is 1.86 bits per heavy atom. The predicted octanol–water partition coefficient (Wildman–Crippen LogP) is 4.75. The van der Waals surface area contributed by atoms with Crippen molar-refractivity contribution in [2.24, 2.45) is 5.10 Å². The Kier molecular flexibility index (Phi) is 4.02. The summed E-state index contributed by atoms with van der Waals surface area (Å²) in [5.74, 6) is 0.275. The van der Waals surface area contributed by atoms with Gasteiger partial charge in [0.25, 0.3) is 0 Å². The van der Waals surface area contributed by atoms with E-state index in [1.807, 2.05) is 44.2 Å². The lowest BCUT2D eigenvalue weighted by Crippen LogP contribution is -2.11. The van der Waals surface area contributed by atoms with Gasteiger partial charge in [-0.2, -0.15) is 5.10 Å². The normalized spacial score (nSPS) is 17.3. The third-order valence-corrected chi connectivity index (χ3v) is 4.52. The number of phenols is 1. The Morgan fingerprint density at radius 3 is 2.55 bits per heavy atom. The zero-order valence-corrected chi connectivity index (χ0v) is 13.8. The minimum atomic E-state index is -0.0866. The highest BCUT2D eigenvalue weighted by Gasteiger charge is 2.26. The first-order valence-electron chi connectivity index (χ1n) is 7.04. The van der Waals surface area contributed by atoms with Crippen LogP contribution < -0.4 is 5.43 Å². The van der Waals surface area contributed by atoms with Crippen LogP contribution in [-0.2, 0) is 0 Å². The molecule has 0 spiro atoms. The average Bonchev–Trinajstić information content (AvgIpc) is 2.92. The van der Waals surface area contributed by atoms with Crippen LogP contribution in [0.3, 0.4) is 0 Å². The molecule has 0 aromatic heterocycles. The maximum absolute atomic E-state index is 10.3. The third kappa shape index (κ3) is 2.67. The fourth-order valence-electron chi connectivity index (χ4n) is 2.80. The standard InChI is InChI=1S/C17H16Cl2N2O/c1-9-6-10(2)17(22)11(7-9)14-8-15(21-20-14)16-12(18)4-3-5-13(16)19/h3-7,15,21-22H,8H2,1-2H3/t15-/m1/s1. The first-order valence-corrected chi connectivity index (χ1v) is 7.79. The molecule has 22 heavy (non-hydrogen) atoms. The molecule has 2 N–H and O–H groups in total. The largest absolute Gasteiger partial charge is 0.507 e. The van der Waals surface area contributed by atoms with Gasteiger partial charge in [-0.3, -0.25) is 0 Å². The second-order valence-corrected chi connectivity index (χ2v) is 6.37. The highest BCUT2D eigenvalue weighted by atomic mass is 35.5. The summed E-state index contributed by atoms with van der Waals surface area (Å²) < 4.78 is 0. The van der Waals surface area contributed by atoms with Gasteiger partial charge in [-0.1, -0.05) is 35.3 Å². The van der Waals surface area contributed by atoms with Gasteiger partial charge in [0.2, 0.25) is 0 Å². The summed E-state index contributed by atoms with van der Waals surface area (Å²) >= 11 is 12.5. The SMILES string of the molecule is Cc1cc(C)c(O)c(C2=NN[C@@H](c3c(Cl)cccc3Cl)C2)c1. The van der Waals surface area contributed by atoms with E-state index in [4.69, 9.17) is 23.2 Å². The topological polar surface area (TPSA) is 44.6 Å². The molecule has 0 aliphatic carbocycles.